The number of benzene rings is 1. The number of fused-ring (bicyclic) bond motifs is 2. The Balaban J connectivity index is 1.64. The van der Waals surface area contributed by atoms with Gasteiger partial charge in [-0.25, -0.2) is 4.79 Å². The highest BCUT2D eigenvalue weighted by molar-refractivity contribution is 7.80. The number of anilines is 1. The van der Waals surface area contributed by atoms with Crippen LogP contribution < -0.4 is 10.6 Å². The Hall–Kier alpha value is -1.62. The van der Waals surface area contributed by atoms with Crippen molar-refractivity contribution in [2.24, 2.45) is 11.8 Å². The number of carbonyl (C=O) groups excluding carboxylic acids is 1. The number of esters is 1. The minimum absolute atomic E-state index is 0.291. The van der Waals surface area contributed by atoms with Crippen LogP contribution >= 0.6 is 12.2 Å². The summed E-state index contributed by atoms with van der Waals surface area (Å²) >= 11 is 5.47. The highest BCUT2D eigenvalue weighted by atomic mass is 32.1. The highest BCUT2D eigenvalue weighted by Crippen LogP contribution is 2.44. The maximum atomic E-state index is 12.0. The largest absolute Gasteiger partial charge is 0.462 e. The van der Waals surface area contributed by atoms with Crippen molar-refractivity contribution in [2.45, 2.75) is 45.6 Å². The fraction of sp³-hybridized carbons (Fsp3) is 0.556. The molecule has 124 valence electrons. The Morgan fingerprint density at radius 3 is 2.83 bits per heavy atom. The zero-order valence-electron chi connectivity index (χ0n) is 13.7. The van der Waals surface area contributed by atoms with Crippen LogP contribution in [0.2, 0.25) is 0 Å². The maximum absolute atomic E-state index is 12.0. The summed E-state index contributed by atoms with van der Waals surface area (Å²) in [7, 11) is 0. The number of nitrogens with one attached hydrogen (secondary N) is 2. The standard InChI is InChI=1S/C18H24N2O2S/c1-3-22-17(21)14-5-4-6-15(11(14)2)19-18(23)20-16-10-12-7-8-13(16)9-12/h4-6,12-13,16H,3,7-10H2,1-2H3,(H2,19,20,23)/t12-,13-,16-/m1/s1. The van der Waals surface area contributed by atoms with Crippen molar-refractivity contribution in [1.29, 1.82) is 0 Å². The van der Waals surface area contributed by atoms with Crippen LogP contribution in [0, 0.1) is 18.8 Å². The van der Waals surface area contributed by atoms with Gasteiger partial charge in [-0.1, -0.05) is 12.5 Å². The monoisotopic (exact) mass is 332 g/mol. The Kier molecular flexibility index (Phi) is 4.85. The van der Waals surface area contributed by atoms with E-state index >= 15 is 0 Å². The number of carbonyl (C=O) groups is 1. The molecule has 1 aromatic carbocycles. The van der Waals surface area contributed by atoms with Gasteiger partial charge in [-0.2, -0.15) is 0 Å². The number of hydrogen-bond acceptors (Lipinski definition) is 3. The van der Waals surface area contributed by atoms with Gasteiger partial charge in [-0.3, -0.25) is 0 Å². The van der Waals surface area contributed by atoms with Gasteiger partial charge < -0.3 is 15.4 Å². The van der Waals surface area contributed by atoms with Crippen LogP contribution in [-0.2, 0) is 4.74 Å². The van der Waals surface area contributed by atoms with Crippen LogP contribution in [-0.4, -0.2) is 23.7 Å². The van der Waals surface area contributed by atoms with Gasteiger partial charge in [0.2, 0.25) is 0 Å². The van der Waals surface area contributed by atoms with E-state index in [1.807, 2.05) is 26.0 Å². The molecule has 3 atom stereocenters. The molecule has 2 aliphatic carbocycles. The first kappa shape index (κ1) is 16.2. The lowest BCUT2D eigenvalue weighted by Crippen LogP contribution is -2.40. The van der Waals surface area contributed by atoms with E-state index in [1.165, 1.54) is 25.7 Å². The Labute approximate surface area is 143 Å². The fourth-order valence-electron chi connectivity index (χ4n) is 3.95. The molecule has 0 heterocycles. The average Bonchev–Trinajstić information content (AvgIpc) is 3.12. The molecule has 0 saturated heterocycles. The summed E-state index contributed by atoms with van der Waals surface area (Å²) in [6, 6.07) is 6.07. The molecule has 5 heteroatoms. The molecule has 0 spiro atoms. The minimum atomic E-state index is -0.291. The third-order valence-electron chi connectivity index (χ3n) is 5.13. The van der Waals surface area contributed by atoms with E-state index in [2.05, 4.69) is 10.6 Å². The van der Waals surface area contributed by atoms with Crippen LogP contribution in [0.5, 0.6) is 0 Å². The van der Waals surface area contributed by atoms with Crippen molar-refractivity contribution in [3.8, 4) is 0 Å². The van der Waals surface area contributed by atoms with E-state index in [9.17, 15) is 4.79 Å². The molecule has 2 fully saturated rings. The summed E-state index contributed by atoms with van der Waals surface area (Å²) in [6.07, 6.45) is 5.28. The molecule has 0 aliphatic heterocycles. The van der Waals surface area contributed by atoms with E-state index in [1.54, 1.807) is 6.07 Å². The van der Waals surface area contributed by atoms with Crippen LogP contribution in [0.4, 0.5) is 5.69 Å². The molecule has 0 amide bonds. The molecule has 2 aliphatic rings. The van der Waals surface area contributed by atoms with E-state index in [0.717, 1.165) is 23.1 Å². The van der Waals surface area contributed by atoms with Gasteiger partial charge in [0.25, 0.3) is 0 Å². The summed E-state index contributed by atoms with van der Waals surface area (Å²) in [5.41, 5.74) is 2.30. The van der Waals surface area contributed by atoms with Gasteiger partial charge in [-0.05, 0) is 74.9 Å². The van der Waals surface area contributed by atoms with E-state index in [-0.39, 0.29) is 5.97 Å². The van der Waals surface area contributed by atoms with Crippen LogP contribution in [0.1, 0.15) is 48.5 Å². The zero-order valence-corrected chi connectivity index (χ0v) is 14.5. The third kappa shape index (κ3) is 3.50. The van der Waals surface area contributed by atoms with Crippen LogP contribution in [0.3, 0.4) is 0 Å². The molecule has 2 bridgehead atoms. The molecule has 2 saturated carbocycles. The summed E-state index contributed by atoms with van der Waals surface area (Å²) < 4.78 is 5.09. The summed E-state index contributed by atoms with van der Waals surface area (Å²) in [4.78, 5) is 12.0. The zero-order chi connectivity index (χ0) is 16.4. The van der Waals surface area contributed by atoms with Crippen molar-refractivity contribution in [1.82, 2.24) is 5.32 Å². The number of thiocarbonyl (C=S) groups is 1. The van der Waals surface area contributed by atoms with Gasteiger partial charge in [0.05, 0.1) is 12.2 Å². The Morgan fingerprint density at radius 1 is 1.35 bits per heavy atom. The molecule has 0 radical (unpaired) electrons. The predicted octanol–water partition coefficient (Wildman–Crippen LogP) is 3.65. The SMILES string of the molecule is CCOC(=O)c1cccc(NC(=S)N[C@@H]2C[C@@H]3CC[C@@H]2C3)c1C. The molecule has 0 unspecified atom stereocenters. The molecular weight excluding hydrogens is 308 g/mol. The fourth-order valence-corrected chi connectivity index (χ4v) is 4.21. The third-order valence-corrected chi connectivity index (χ3v) is 5.35. The number of rotatable bonds is 4. The Morgan fingerprint density at radius 2 is 2.17 bits per heavy atom. The van der Waals surface area contributed by atoms with Crippen molar-refractivity contribution in [3.63, 3.8) is 0 Å². The maximum Gasteiger partial charge on any atom is 0.338 e. The summed E-state index contributed by atoms with van der Waals surface area (Å²) in [5.74, 6) is 1.36. The lowest BCUT2D eigenvalue weighted by molar-refractivity contribution is 0.0525. The van der Waals surface area contributed by atoms with Gasteiger partial charge in [-0.15, -0.1) is 0 Å². The second kappa shape index (κ2) is 6.87. The molecule has 3 rings (SSSR count). The topological polar surface area (TPSA) is 50.4 Å². The lowest BCUT2D eigenvalue weighted by atomic mass is 9.95. The van der Waals surface area contributed by atoms with Gasteiger partial charge in [0.1, 0.15) is 0 Å². The van der Waals surface area contributed by atoms with E-state index in [4.69, 9.17) is 17.0 Å². The molecular formula is C18H24N2O2S. The second-order valence-electron chi connectivity index (χ2n) is 6.58. The van der Waals surface area contributed by atoms with E-state index < -0.39 is 0 Å². The van der Waals surface area contributed by atoms with Crippen LogP contribution in [0.25, 0.3) is 0 Å². The average molecular weight is 332 g/mol. The summed E-state index contributed by atoms with van der Waals surface area (Å²) in [6.45, 7) is 4.10. The second-order valence-corrected chi connectivity index (χ2v) is 6.99. The smallest absolute Gasteiger partial charge is 0.338 e. The lowest BCUT2D eigenvalue weighted by Gasteiger charge is -2.25. The number of hydrogen-bond donors (Lipinski definition) is 2. The molecule has 2 N–H and O–H groups in total. The normalized spacial score (nSPS) is 25.2. The molecule has 1 aromatic rings. The first-order chi connectivity index (χ1) is 11.1. The van der Waals surface area contributed by atoms with Crippen LogP contribution in [0.15, 0.2) is 18.2 Å². The van der Waals surface area contributed by atoms with E-state index in [0.29, 0.717) is 23.3 Å². The number of ether oxygens (including phenoxy) is 1. The molecule has 23 heavy (non-hydrogen) atoms. The van der Waals surface area contributed by atoms with Gasteiger partial charge in [0.15, 0.2) is 5.11 Å². The highest BCUT2D eigenvalue weighted by Gasteiger charge is 2.39. The first-order valence-corrected chi connectivity index (χ1v) is 8.83. The quantitative estimate of drug-likeness (QED) is 0.651. The molecule has 0 aromatic heterocycles. The van der Waals surface area contributed by atoms with Crippen molar-refractivity contribution in [2.75, 3.05) is 11.9 Å². The Bertz CT molecular complexity index is 617. The van der Waals surface area contributed by atoms with Crippen molar-refractivity contribution < 1.29 is 9.53 Å². The minimum Gasteiger partial charge on any atom is -0.462 e. The summed E-state index contributed by atoms with van der Waals surface area (Å²) in [5, 5.41) is 7.36. The van der Waals surface area contributed by atoms with Gasteiger partial charge >= 0.3 is 5.97 Å². The van der Waals surface area contributed by atoms with Gasteiger partial charge in [0, 0.05) is 11.7 Å². The molecule has 4 nitrogen and oxygen atoms in total. The van der Waals surface area contributed by atoms with Crippen molar-refractivity contribution >= 4 is 29.0 Å². The predicted molar refractivity (Wildman–Crippen MR) is 95.7 cm³/mol. The van der Waals surface area contributed by atoms with Crippen molar-refractivity contribution in [3.05, 3.63) is 29.3 Å². The first-order valence-electron chi connectivity index (χ1n) is 8.42.